The van der Waals surface area contributed by atoms with Crippen LogP contribution in [-0.2, 0) is 9.53 Å². The first-order chi connectivity index (χ1) is 12.0. The predicted molar refractivity (Wildman–Crippen MR) is 95.2 cm³/mol. The number of hydrogen-bond donors (Lipinski definition) is 2. The molecule has 0 bridgehead atoms. The normalized spacial score (nSPS) is 13.2. The molecule has 1 aliphatic rings. The molecule has 25 heavy (non-hydrogen) atoms. The molecule has 8 heteroatoms. The zero-order chi connectivity index (χ0) is 17.8. The molecular weight excluding hydrogens is 364 g/mol. The quantitative estimate of drug-likeness (QED) is 0.756. The van der Waals surface area contributed by atoms with Crippen LogP contribution >= 0.6 is 22.9 Å². The van der Waals surface area contributed by atoms with Gasteiger partial charge in [-0.1, -0.05) is 17.7 Å². The number of rotatable bonds is 6. The summed E-state index contributed by atoms with van der Waals surface area (Å²) in [6, 6.07) is 8.06. The van der Waals surface area contributed by atoms with E-state index in [0.29, 0.717) is 9.90 Å². The van der Waals surface area contributed by atoms with Crippen molar-refractivity contribution in [1.29, 1.82) is 0 Å². The lowest BCUT2D eigenvalue weighted by Gasteiger charge is -2.11. The molecule has 1 heterocycles. The van der Waals surface area contributed by atoms with E-state index < -0.39 is 5.97 Å². The average Bonchev–Trinajstić information content (AvgIpc) is 3.21. The smallest absolute Gasteiger partial charge is 0.340 e. The third-order valence-corrected chi connectivity index (χ3v) is 4.58. The first kappa shape index (κ1) is 17.4. The van der Waals surface area contributed by atoms with Crippen LogP contribution in [0.25, 0.3) is 0 Å². The maximum atomic E-state index is 12.3. The molecule has 0 atom stereocenters. The van der Waals surface area contributed by atoms with Crippen molar-refractivity contribution >= 4 is 46.4 Å². The molecule has 0 spiro atoms. The van der Waals surface area contributed by atoms with Crippen molar-refractivity contribution in [3.05, 3.63) is 51.2 Å². The maximum absolute atomic E-state index is 12.3. The van der Waals surface area contributed by atoms with E-state index >= 15 is 0 Å². The number of carbonyl (C=O) groups is 3. The topological polar surface area (TPSA) is 84.5 Å². The molecule has 2 amide bonds. The Morgan fingerprint density at radius 3 is 2.72 bits per heavy atom. The molecule has 1 aromatic heterocycles. The monoisotopic (exact) mass is 378 g/mol. The average molecular weight is 379 g/mol. The molecule has 1 aromatic carbocycles. The van der Waals surface area contributed by atoms with Gasteiger partial charge in [-0.05, 0) is 42.5 Å². The zero-order valence-corrected chi connectivity index (χ0v) is 14.7. The standard InChI is InChI=1S/C17H15ClN2O4S/c18-10-3-6-12(17(23)24-9-15(21)19-11-4-5-11)13(8-10)20-16(22)14-2-1-7-25-14/h1-3,6-8,11H,4-5,9H2,(H,19,21)(H,20,22). The van der Waals surface area contributed by atoms with E-state index in [-0.39, 0.29) is 35.7 Å². The molecule has 1 aliphatic carbocycles. The molecule has 2 aromatic rings. The van der Waals surface area contributed by atoms with Gasteiger partial charge >= 0.3 is 5.97 Å². The van der Waals surface area contributed by atoms with Gasteiger partial charge in [-0.2, -0.15) is 0 Å². The van der Waals surface area contributed by atoms with E-state index in [1.54, 1.807) is 17.5 Å². The fourth-order valence-electron chi connectivity index (χ4n) is 2.10. The van der Waals surface area contributed by atoms with Crippen LogP contribution in [0.4, 0.5) is 5.69 Å². The summed E-state index contributed by atoms with van der Waals surface area (Å²) >= 11 is 7.24. The van der Waals surface area contributed by atoms with Crippen molar-refractivity contribution in [3.63, 3.8) is 0 Å². The van der Waals surface area contributed by atoms with E-state index in [2.05, 4.69) is 10.6 Å². The number of esters is 1. The Morgan fingerprint density at radius 1 is 1.24 bits per heavy atom. The lowest BCUT2D eigenvalue weighted by Crippen LogP contribution is -2.30. The molecule has 6 nitrogen and oxygen atoms in total. The van der Waals surface area contributed by atoms with Gasteiger partial charge in [0.2, 0.25) is 0 Å². The third kappa shape index (κ3) is 4.80. The van der Waals surface area contributed by atoms with Crippen LogP contribution in [0, 0.1) is 0 Å². The number of halogens is 1. The molecule has 3 rings (SSSR count). The van der Waals surface area contributed by atoms with E-state index in [1.807, 2.05) is 0 Å². The minimum Gasteiger partial charge on any atom is -0.452 e. The minimum atomic E-state index is -0.705. The van der Waals surface area contributed by atoms with Crippen molar-refractivity contribution in [2.75, 3.05) is 11.9 Å². The maximum Gasteiger partial charge on any atom is 0.340 e. The molecule has 0 unspecified atom stereocenters. The number of hydrogen-bond acceptors (Lipinski definition) is 5. The van der Waals surface area contributed by atoms with Gasteiger partial charge in [0.1, 0.15) is 0 Å². The number of carbonyl (C=O) groups excluding carboxylic acids is 3. The van der Waals surface area contributed by atoms with Crippen molar-refractivity contribution < 1.29 is 19.1 Å². The summed E-state index contributed by atoms with van der Waals surface area (Å²) in [7, 11) is 0. The summed E-state index contributed by atoms with van der Waals surface area (Å²) in [6.07, 6.45) is 1.91. The second-order valence-corrected chi connectivity index (χ2v) is 6.92. The predicted octanol–water partition coefficient (Wildman–Crippen LogP) is 3.09. The fourth-order valence-corrected chi connectivity index (χ4v) is 2.89. The lowest BCUT2D eigenvalue weighted by atomic mass is 10.1. The van der Waals surface area contributed by atoms with Gasteiger partial charge in [0.25, 0.3) is 11.8 Å². The van der Waals surface area contributed by atoms with Crippen molar-refractivity contribution in [2.45, 2.75) is 18.9 Å². The van der Waals surface area contributed by atoms with Crippen LogP contribution in [0.3, 0.4) is 0 Å². The fraction of sp³-hybridized carbons (Fsp3) is 0.235. The van der Waals surface area contributed by atoms with E-state index in [4.69, 9.17) is 16.3 Å². The number of amides is 2. The SMILES string of the molecule is O=C(COC(=O)c1ccc(Cl)cc1NC(=O)c1cccs1)NC1CC1. The largest absolute Gasteiger partial charge is 0.452 e. The van der Waals surface area contributed by atoms with Crippen LogP contribution in [-0.4, -0.2) is 30.4 Å². The van der Waals surface area contributed by atoms with Crippen molar-refractivity contribution in [3.8, 4) is 0 Å². The Hall–Kier alpha value is -2.38. The highest BCUT2D eigenvalue weighted by Crippen LogP contribution is 2.23. The van der Waals surface area contributed by atoms with Gasteiger partial charge in [0.05, 0.1) is 16.1 Å². The van der Waals surface area contributed by atoms with Gasteiger partial charge in [0, 0.05) is 11.1 Å². The lowest BCUT2D eigenvalue weighted by molar-refractivity contribution is -0.124. The summed E-state index contributed by atoms with van der Waals surface area (Å²) in [5, 5.41) is 7.52. The zero-order valence-electron chi connectivity index (χ0n) is 13.1. The van der Waals surface area contributed by atoms with Gasteiger partial charge < -0.3 is 15.4 Å². The summed E-state index contributed by atoms with van der Waals surface area (Å²) < 4.78 is 5.03. The number of anilines is 1. The minimum absolute atomic E-state index is 0.133. The molecule has 0 aliphatic heterocycles. The number of ether oxygens (including phenoxy) is 1. The Morgan fingerprint density at radius 2 is 2.04 bits per heavy atom. The van der Waals surface area contributed by atoms with E-state index in [9.17, 15) is 14.4 Å². The van der Waals surface area contributed by atoms with E-state index in [1.165, 1.54) is 29.5 Å². The van der Waals surface area contributed by atoms with E-state index in [0.717, 1.165) is 12.8 Å². The summed E-state index contributed by atoms with van der Waals surface area (Å²) in [4.78, 5) is 36.6. The van der Waals surface area contributed by atoms with Crippen LogP contribution in [0.5, 0.6) is 0 Å². The Kier molecular flexibility index (Phi) is 5.35. The second-order valence-electron chi connectivity index (χ2n) is 5.54. The highest BCUT2D eigenvalue weighted by molar-refractivity contribution is 7.12. The Bertz CT molecular complexity index is 803. The van der Waals surface area contributed by atoms with Crippen LogP contribution < -0.4 is 10.6 Å². The van der Waals surface area contributed by atoms with Crippen LogP contribution in [0.15, 0.2) is 35.7 Å². The molecule has 0 saturated heterocycles. The molecule has 2 N–H and O–H groups in total. The summed E-state index contributed by atoms with van der Waals surface area (Å²) in [5.41, 5.74) is 0.368. The molecule has 130 valence electrons. The first-order valence-electron chi connectivity index (χ1n) is 7.64. The summed E-state index contributed by atoms with van der Waals surface area (Å²) in [5.74, 6) is -1.39. The molecule has 1 saturated carbocycles. The number of benzene rings is 1. The summed E-state index contributed by atoms with van der Waals surface area (Å²) in [6.45, 7) is -0.365. The Balaban J connectivity index is 1.68. The van der Waals surface area contributed by atoms with Gasteiger partial charge in [0.15, 0.2) is 6.61 Å². The highest BCUT2D eigenvalue weighted by atomic mass is 35.5. The highest BCUT2D eigenvalue weighted by Gasteiger charge is 2.24. The Labute approximate surface area is 153 Å². The van der Waals surface area contributed by atoms with Gasteiger partial charge in [-0.25, -0.2) is 4.79 Å². The van der Waals surface area contributed by atoms with Crippen molar-refractivity contribution in [1.82, 2.24) is 5.32 Å². The van der Waals surface area contributed by atoms with Gasteiger partial charge in [-0.15, -0.1) is 11.3 Å². The third-order valence-electron chi connectivity index (χ3n) is 3.47. The van der Waals surface area contributed by atoms with Crippen molar-refractivity contribution in [2.24, 2.45) is 0 Å². The first-order valence-corrected chi connectivity index (χ1v) is 8.89. The molecule has 0 radical (unpaired) electrons. The van der Waals surface area contributed by atoms with Crippen LogP contribution in [0.1, 0.15) is 32.9 Å². The van der Waals surface area contributed by atoms with Gasteiger partial charge in [-0.3, -0.25) is 9.59 Å². The molecular formula is C17H15ClN2O4S. The van der Waals surface area contributed by atoms with Crippen LogP contribution in [0.2, 0.25) is 5.02 Å². The number of nitrogens with one attached hydrogen (secondary N) is 2. The second kappa shape index (κ2) is 7.67. The number of thiophene rings is 1. The molecule has 1 fully saturated rings.